The topological polar surface area (TPSA) is 115 Å². The van der Waals surface area contributed by atoms with Gasteiger partial charge in [-0.2, -0.15) is 4.98 Å². The Balaban J connectivity index is 1.53. The number of halogens is 2. The number of aliphatic imine (C=N–C) groups is 1. The number of anilines is 1. The van der Waals surface area contributed by atoms with E-state index in [1.165, 1.54) is 24.4 Å². The molecule has 0 radical (unpaired) electrons. The lowest BCUT2D eigenvalue weighted by Gasteiger charge is -2.07. The summed E-state index contributed by atoms with van der Waals surface area (Å²) < 4.78 is 32.9. The second kappa shape index (κ2) is 7.71. The summed E-state index contributed by atoms with van der Waals surface area (Å²) in [5.41, 5.74) is 0.866. The molecule has 1 atom stereocenters. The first-order valence-electron chi connectivity index (χ1n) is 8.00. The molecule has 0 bridgehead atoms. The third kappa shape index (κ3) is 4.10. The standard InChI is InChI=1S/C17H10Cl2N4O4S2/c18-13-8-12(14(19)28-13)29(25,26)23-10-5-3-9(4-6-10)17-21-15(22-27-17)11-2-1-7-20-16(11)24/h1-8,11,23H. The summed E-state index contributed by atoms with van der Waals surface area (Å²) in [5.74, 6) is -0.674. The van der Waals surface area contributed by atoms with E-state index in [2.05, 4.69) is 19.9 Å². The zero-order valence-corrected chi connectivity index (χ0v) is 17.4. The molecule has 0 spiro atoms. The van der Waals surface area contributed by atoms with Crippen LogP contribution in [-0.2, 0) is 14.8 Å². The number of hydrogen-bond donors (Lipinski definition) is 1. The fourth-order valence-electron chi connectivity index (χ4n) is 2.51. The lowest BCUT2D eigenvalue weighted by Crippen LogP contribution is -2.12. The minimum Gasteiger partial charge on any atom is -0.334 e. The average Bonchev–Trinajstić information content (AvgIpc) is 3.29. The molecular weight excluding hydrogens is 459 g/mol. The van der Waals surface area contributed by atoms with Crippen LogP contribution in [0.15, 0.2) is 56.9 Å². The predicted octanol–water partition coefficient (Wildman–Crippen LogP) is 4.16. The summed E-state index contributed by atoms with van der Waals surface area (Å²) in [5, 5.41) is 3.83. The van der Waals surface area contributed by atoms with E-state index in [-0.39, 0.29) is 31.2 Å². The Labute approximate surface area is 178 Å². The number of dihydropyridines is 1. The highest BCUT2D eigenvalue weighted by molar-refractivity contribution is 7.93. The minimum absolute atomic E-state index is 0.0770. The molecule has 2 aromatic heterocycles. The average molecular weight is 469 g/mol. The molecule has 4 rings (SSSR count). The first-order valence-corrected chi connectivity index (χ1v) is 11.1. The van der Waals surface area contributed by atoms with Gasteiger partial charge < -0.3 is 4.52 Å². The van der Waals surface area contributed by atoms with Gasteiger partial charge in [0.25, 0.3) is 21.8 Å². The Hall–Kier alpha value is -2.53. The third-order valence-electron chi connectivity index (χ3n) is 3.88. The van der Waals surface area contributed by atoms with Crippen molar-refractivity contribution in [2.75, 3.05) is 4.72 Å². The van der Waals surface area contributed by atoms with Crippen molar-refractivity contribution in [3.63, 3.8) is 0 Å². The minimum atomic E-state index is -3.88. The molecule has 1 aromatic carbocycles. The number of aromatic nitrogens is 2. The van der Waals surface area contributed by atoms with Crippen LogP contribution < -0.4 is 4.72 Å². The summed E-state index contributed by atoms with van der Waals surface area (Å²) in [6.07, 6.45) is 4.66. The van der Waals surface area contributed by atoms with Gasteiger partial charge in [0.05, 0.1) is 4.34 Å². The highest BCUT2D eigenvalue weighted by Crippen LogP contribution is 2.35. The van der Waals surface area contributed by atoms with Crippen molar-refractivity contribution >= 4 is 62.4 Å². The zero-order valence-electron chi connectivity index (χ0n) is 14.2. The largest absolute Gasteiger partial charge is 0.334 e. The van der Waals surface area contributed by atoms with Crippen molar-refractivity contribution < 1.29 is 17.7 Å². The molecule has 12 heteroatoms. The van der Waals surface area contributed by atoms with Crippen LogP contribution in [0.2, 0.25) is 8.67 Å². The van der Waals surface area contributed by atoms with Gasteiger partial charge in [0.1, 0.15) is 15.1 Å². The molecular formula is C17H10Cl2N4O4S2. The monoisotopic (exact) mass is 468 g/mol. The van der Waals surface area contributed by atoms with E-state index in [4.69, 9.17) is 27.7 Å². The maximum atomic E-state index is 12.5. The summed E-state index contributed by atoms with van der Waals surface area (Å²) in [7, 11) is -3.88. The van der Waals surface area contributed by atoms with Gasteiger partial charge in [0.2, 0.25) is 0 Å². The van der Waals surface area contributed by atoms with Crippen LogP contribution in [0.25, 0.3) is 11.5 Å². The smallest absolute Gasteiger partial charge is 0.264 e. The van der Waals surface area contributed by atoms with E-state index in [1.54, 1.807) is 24.3 Å². The van der Waals surface area contributed by atoms with Crippen LogP contribution in [-0.4, -0.2) is 30.7 Å². The lowest BCUT2D eigenvalue weighted by molar-refractivity contribution is -0.118. The summed E-state index contributed by atoms with van der Waals surface area (Å²) >= 11 is 12.7. The van der Waals surface area contributed by atoms with Gasteiger partial charge in [-0.1, -0.05) is 34.4 Å². The number of rotatable bonds is 5. The Morgan fingerprint density at radius 2 is 1.93 bits per heavy atom. The van der Waals surface area contributed by atoms with Crippen LogP contribution in [0.4, 0.5) is 5.69 Å². The van der Waals surface area contributed by atoms with E-state index in [0.29, 0.717) is 11.3 Å². The molecule has 3 heterocycles. The van der Waals surface area contributed by atoms with E-state index in [9.17, 15) is 13.2 Å². The number of carbonyl (C=O) groups excluding carboxylic acids is 1. The fraction of sp³-hybridized carbons (Fsp3) is 0.0588. The van der Waals surface area contributed by atoms with Crippen LogP contribution in [0.3, 0.4) is 0 Å². The van der Waals surface area contributed by atoms with Crippen molar-refractivity contribution in [3.05, 3.63) is 57.0 Å². The van der Waals surface area contributed by atoms with Crippen molar-refractivity contribution in [2.24, 2.45) is 4.99 Å². The van der Waals surface area contributed by atoms with Crippen molar-refractivity contribution in [1.82, 2.24) is 10.1 Å². The number of allylic oxidation sites excluding steroid dienone is 1. The van der Waals surface area contributed by atoms with E-state index in [0.717, 1.165) is 11.3 Å². The molecule has 0 saturated carbocycles. The number of thiophene rings is 1. The molecule has 1 N–H and O–H groups in total. The summed E-state index contributed by atoms with van der Waals surface area (Å²) in [6.45, 7) is 0. The molecule has 3 aromatic rings. The van der Waals surface area contributed by atoms with E-state index in [1.807, 2.05) is 0 Å². The van der Waals surface area contributed by atoms with Crippen molar-refractivity contribution in [1.29, 1.82) is 0 Å². The molecule has 0 fully saturated rings. The van der Waals surface area contributed by atoms with Crippen molar-refractivity contribution in [2.45, 2.75) is 10.8 Å². The Morgan fingerprint density at radius 3 is 2.59 bits per heavy atom. The first kappa shape index (κ1) is 19.8. The predicted molar refractivity (Wildman–Crippen MR) is 110 cm³/mol. The molecule has 148 valence electrons. The number of sulfonamides is 1. The second-order valence-electron chi connectivity index (χ2n) is 5.81. The van der Waals surface area contributed by atoms with Crippen LogP contribution in [0, 0.1) is 0 Å². The number of nitrogens with zero attached hydrogens (tertiary/aromatic N) is 3. The second-order valence-corrected chi connectivity index (χ2v) is 9.74. The van der Waals surface area contributed by atoms with Gasteiger partial charge in [0, 0.05) is 17.5 Å². The summed E-state index contributed by atoms with van der Waals surface area (Å²) in [6, 6.07) is 7.57. The maximum absolute atomic E-state index is 12.5. The van der Waals surface area contributed by atoms with Crippen LogP contribution >= 0.6 is 34.5 Å². The van der Waals surface area contributed by atoms with Crippen LogP contribution in [0.5, 0.6) is 0 Å². The van der Waals surface area contributed by atoms with Gasteiger partial charge in [-0.05, 0) is 36.4 Å². The van der Waals surface area contributed by atoms with Crippen LogP contribution in [0.1, 0.15) is 11.7 Å². The highest BCUT2D eigenvalue weighted by Gasteiger charge is 2.25. The summed E-state index contributed by atoms with van der Waals surface area (Å²) in [4.78, 5) is 19.6. The van der Waals surface area contributed by atoms with Gasteiger partial charge in [0.15, 0.2) is 5.82 Å². The number of nitrogens with one attached hydrogen (secondary N) is 1. The number of amides is 1. The molecule has 29 heavy (non-hydrogen) atoms. The number of carbonyl (C=O) groups is 1. The van der Waals surface area contributed by atoms with E-state index >= 15 is 0 Å². The van der Waals surface area contributed by atoms with E-state index < -0.39 is 15.9 Å². The molecule has 1 unspecified atom stereocenters. The molecule has 1 aliphatic rings. The number of hydrogen-bond acceptors (Lipinski definition) is 7. The molecule has 1 aliphatic heterocycles. The maximum Gasteiger partial charge on any atom is 0.264 e. The van der Waals surface area contributed by atoms with Gasteiger partial charge >= 0.3 is 0 Å². The quantitative estimate of drug-likeness (QED) is 0.600. The Kier molecular flexibility index (Phi) is 5.26. The Morgan fingerprint density at radius 1 is 1.17 bits per heavy atom. The van der Waals surface area contributed by atoms with Gasteiger partial charge in [-0.15, -0.1) is 11.3 Å². The van der Waals surface area contributed by atoms with Gasteiger partial charge in [-0.25, -0.2) is 13.4 Å². The Bertz CT molecular complexity index is 1250. The molecule has 0 saturated heterocycles. The zero-order chi connectivity index (χ0) is 20.6. The third-order valence-corrected chi connectivity index (χ3v) is 7.01. The first-order chi connectivity index (χ1) is 13.8. The SMILES string of the molecule is O=C1N=CC=CC1c1noc(-c2ccc(NS(=O)(=O)c3cc(Cl)sc3Cl)cc2)n1. The molecule has 8 nitrogen and oxygen atoms in total. The fourth-order valence-corrected chi connectivity index (χ4v) is 5.72. The van der Waals surface area contributed by atoms with Crippen molar-refractivity contribution in [3.8, 4) is 11.5 Å². The molecule has 0 aliphatic carbocycles. The van der Waals surface area contributed by atoms with Gasteiger partial charge in [-0.3, -0.25) is 9.52 Å². The highest BCUT2D eigenvalue weighted by atomic mass is 35.5. The molecule has 1 amide bonds. The normalized spacial score (nSPS) is 16.3. The number of benzene rings is 1. The lowest BCUT2D eigenvalue weighted by atomic mass is 10.1.